The van der Waals surface area contributed by atoms with Crippen molar-refractivity contribution in [1.29, 1.82) is 0 Å². The van der Waals surface area contributed by atoms with Crippen LogP contribution in [-0.4, -0.2) is 20.6 Å². The molecule has 2 aromatic heterocycles. The summed E-state index contributed by atoms with van der Waals surface area (Å²) in [6.07, 6.45) is 2.45. The number of amides is 1. The smallest absolute Gasteiger partial charge is 0.412 e. The Balaban J connectivity index is 1.28. The van der Waals surface area contributed by atoms with E-state index in [1.807, 2.05) is 19.1 Å². The zero-order valence-electron chi connectivity index (χ0n) is 18.6. The number of benzene rings is 2. The summed E-state index contributed by atoms with van der Waals surface area (Å²) in [5.74, 6) is 1.15. The highest BCUT2D eigenvalue weighted by Crippen LogP contribution is 2.34. The van der Waals surface area contributed by atoms with E-state index in [4.69, 9.17) is 14.7 Å². The Bertz CT molecular complexity index is 1320. The Labute approximate surface area is 191 Å². The fourth-order valence-corrected chi connectivity index (χ4v) is 5.42. The number of aromatic nitrogens is 3. The van der Waals surface area contributed by atoms with Gasteiger partial charge in [0.2, 0.25) is 0 Å². The third-order valence-corrected chi connectivity index (χ3v) is 6.95. The second-order valence-electron chi connectivity index (χ2n) is 8.27. The third kappa shape index (κ3) is 3.88. The van der Waals surface area contributed by atoms with Crippen LogP contribution in [0.1, 0.15) is 41.6 Å². The second kappa shape index (κ2) is 8.39. The summed E-state index contributed by atoms with van der Waals surface area (Å²) in [5, 5.41) is 4.55. The monoisotopic (exact) mass is 446 g/mol. The van der Waals surface area contributed by atoms with Crippen LogP contribution < -0.4 is 5.32 Å². The Morgan fingerprint density at radius 2 is 2.06 bits per heavy atom. The number of fused-ring (bicyclic) bond motifs is 3. The molecule has 1 amide bonds. The number of nitrogens with one attached hydrogen (secondary N) is 1. The average molecular weight is 447 g/mol. The third-order valence-electron chi connectivity index (χ3n) is 5.90. The van der Waals surface area contributed by atoms with Crippen molar-refractivity contribution in [2.75, 3.05) is 5.32 Å². The molecule has 164 valence electrons. The van der Waals surface area contributed by atoms with E-state index in [0.29, 0.717) is 0 Å². The summed E-state index contributed by atoms with van der Waals surface area (Å²) in [5.41, 5.74) is 7.42. The number of carbonyl (C=O) groups is 1. The van der Waals surface area contributed by atoms with Gasteiger partial charge in [0.1, 0.15) is 22.4 Å². The lowest BCUT2D eigenvalue weighted by atomic mass is 10.1. The van der Waals surface area contributed by atoms with E-state index in [9.17, 15) is 4.79 Å². The first-order valence-corrected chi connectivity index (χ1v) is 11.8. The number of hydrogen-bond acceptors (Lipinski definition) is 5. The minimum atomic E-state index is -0.469. The van der Waals surface area contributed by atoms with Crippen molar-refractivity contribution in [2.24, 2.45) is 0 Å². The molecule has 7 heteroatoms. The molecule has 3 heterocycles. The van der Waals surface area contributed by atoms with Crippen LogP contribution in [0.5, 0.6) is 0 Å². The minimum Gasteiger partial charge on any atom is -0.444 e. The number of aryl methyl sites for hydroxylation is 5. The molecule has 0 unspecified atom stereocenters. The number of hydrogen-bond donors (Lipinski definition) is 1. The van der Waals surface area contributed by atoms with Crippen molar-refractivity contribution >= 4 is 33.5 Å². The van der Waals surface area contributed by atoms with Crippen LogP contribution in [0, 0.1) is 13.8 Å². The largest absolute Gasteiger partial charge is 0.444 e. The van der Waals surface area contributed by atoms with Crippen molar-refractivity contribution in [3.63, 3.8) is 0 Å². The molecule has 0 atom stereocenters. The Hall–Kier alpha value is -3.19. The van der Waals surface area contributed by atoms with Gasteiger partial charge in [0, 0.05) is 18.5 Å². The van der Waals surface area contributed by atoms with Gasteiger partial charge in [0.25, 0.3) is 0 Å². The molecule has 6 nitrogen and oxygen atoms in total. The summed E-state index contributed by atoms with van der Waals surface area (Å²) in [7, 11) is 0. The maximum Gasteiger partial charge on any atom is 0.412 e. The molecular weight excluding hydrogens is 420 g/mol. The van der Waals surface area contributed by atoms with Crippen molar-refractivity contribution in [1.82, 2.24) is 14.5 Å². The molecule has 0 saturated carbocycles. The SMILES string of the molecule is CCc1nc(-c2ccc(C)cc2C)sc1NC(=O)OCc1ccc2c(c1)nc1n2CCC1. The van der Waals surface area contributed by atoms with Gasteiger partial charge in [-0.2, -0.15) is 0 Å². The van der Waals surface area contributed by atoms with Crippen LogP contribution in [0.25, 0.3) is 21.6 Å². The van der Waals surface area contributed by atoms with Gasteiger partial charge >= 0.3 is 6.09 Å². The Morgan fingerprint density at radius 3 is 2.88 bits per heavy atom. The second-order valence-corrected chi connectivity index (χ2v) is 9.27. The molecular formula is C25H26N4O2S. The zero-order valence-corrected chi connectivity index (χ0v) is 19.4. The molecule has 0 radical (unpaired) electrons. The summed E-state index contributed by atoms with van der Waals surface area (Å²) in [4.78, 5) is 22.0. The summed E-state index contributed by atoms with van der Waals surface area (Å²) in [6, 6.07) is 12.4. The molecule has 5 rings (SSSR count). The van der Waals surface area contributed by atoms with E-state index in [-0.39, 0.29) is 6.61 Å². The molecule has 2 aromatic carbocycles. The topological polar surface area (TPSA) is 69.0 Å². The van der Waals surface area contributed by atoms with Crippen LogP contribution in [-0.2, 0) is 30.7 Å². The fourth-order valence-electron chi connectivity index (χ4n) is 4.29. The first kappa shape index (κ1) is 20.7. The molecule has 0 aliphatic carbocycles. The van der Waals surface area contributed by atoms with Crippen molar-refractivity contribution in [2.45, 2.75) is 53.2 Å². The van der Waals surface area contributed by atoms with E-state index in [1.54, 1.807) is 0 Å². The van der Waals surface area contributed by atoms with E-state index in [0.717, 1.165) is 69.5 Å². The Kier molecular flexibility index (Phi) is 5.43. The molecule has 0 bridgehead atoms. The van der Waals surface area contributed by atoms with Gasteiger partial charge in [-0.25, -0.2) is 14.8 Å². The Morgan fingerprint density at radius 1 is 1.19 bits per heavy atom. The van der Waals surface area contributed by atoms with Gasteiger partial charge < -0.3 is 9.30 Å². The summed E-state index contributed by atoms with van der Waals surface area (Å²) in [6.45, 7) is 7.43. The highest BCUT2D eigenvalue weighted by Gasteiger charge is 2.18. The first-order valence-electron chi connectivity index (χ1n) is 11.0. The normalized spacial score (nSPS) is 12.8. The predicted molar refractivity (Wildman–Crippen MR) is 128 cm³/mol. The molecule has 4 aromatic rings. The molecule has 1 aliphatic rings. The molecule has 0 saturated heterocycles. The van der Waals surface area contributed by atoms with Gasteiger partial charge in [-0.1, -0.05) is 48.1 Å². The minimum absolute atomic E-state index is 0.203. The number of rotatable bonds is 5. The van der Waals surface area contributed by atoms with Crippen LogP contribution in [0.3, 0.4) is 0 Å². The molecule has 1 N–H and O–H groups in total. The lowest BCUT2D eigenvalue weighted by Crippen LogP contribution is -2.13. The van der Waals surface area contributed by atoms with Gasteiger partial charge in [0.15, 0.2) is 0 Å². The lowest BCUT2D eigenvalue weighted by molar-refractivity contribution is 0.155. The molecule has 1 aliphatic heterocycles. The van der Waals surface area contributed by atoms with Crippen molar-refractivity contribution in [3.8, 4) is 10.6 Å². The number of carbonyl (C=O) groups excluding carboxylic acids is 1. The van der Waals surface area contributed by atoms with E-state index >= 15 is 0 Å². The van der Waals surface area contributed by atoms with Gasteiger partial charge in [0.05, 0.1) is 16.7 Å². The maximum absolute atomic E-state index is 12.5. The van der Waals surface area contributed by atoms with Crippen molar-refractivity contribution < 1.29 is 9.53 Å². The standard InChI is InChI=1S/C25H26N4O2S/c1-4-19-24(32-23(27-19)18-9-7-15(2)12-16(18)3)28-25(30)31-14-17-8-10-21-20(13-17)26-22-6-5-11-29(21)22/h7-10,12-13H,4-6,11,14H2,1-3H3,(H,28,30). The predicted octanol–water partition coefficient (Wildman–Crippen LogP) is 6.03. The zero-order chi connectivity index (χ0) is 22.2. The maximum atomic E-state index is 12.5. The van der Waals surface area contributed by atoms with Crippen LogP contribution in [0.4, 0.5) is 9.80 Å². The van der Waals surface area contributed by atoms with Crippen LogP contribution in [0.2, 0.25) is 0 Å². The lowest BCUT2D eigenvalue weighted by Gasteiger charge is -2.07. The fraction of sp³-hybridized carbons (Fsp3) is 0.320. The van der Waals surface area contributed by atoms with Crippen LogP contribution >= 0.6 is 11.3 Å². The van der Waals surface area contributed by atoms with E-state index < -0.39 is 6.09 Å². The van der Waals surface area contributed by atoms with Crippen LogP contribution in [0.15, 0.2) is 36.4 Å². The van der Waals surface area contributed by atoms with E-state index in [2.05, 4.69) is 48.0 Å². The number of ether oxygens (including phenoxy) is 1. The van der Waals surface area contributed by atoms with Crippen molar-refractivity contribution in [3.05, 3.63) is 64.6 Å². The number of imidazole rings is 1. The molecule has 32 heavy (non-hydrogen) atoms. The number of nitrogens with zero attached hydrogens (tertiary/aromatic N) is 3. The van der Waals surface area contributed by atoms with Gasteiger partial charge in [-0.05, 0) is 49.9 Å². The summed E-state index contributed by atoms with van der Waals surface area (Å²) < 4.78 is 7.78. The molecule has 0 spiro atoms. The van der Waals surface area contributed by atoms with Gasteiger partial charge in [-0.3, -0.25) is 5.32 Å². The number of thiazole rings is 1. The quantitative estimate of drug-likeness (QED) is 0.406. The first-order chi connectivity index (χ1) is 15.5. The number of anilines is 1. The summed E-state index contributed by atoms with van der Waals surface area (Å²) >= 11 is 1.49. The van der Waals surface area contributed by atoms with Gasteiger partial charge in [-0.15, -0.1) is 0 Å². The molecule has 0 fully saturated rings. The average Bonchev–Trinajstić information content (AvgIpc) is 3.46. The highest BCUT2D eigenvalue weighted by molar-refractivity contribution is 7.19. The van der Waals surface area contributed by atoms with E-state index in [1.165, 1.54) is 22.5 Å². The highest BCUT2D eigenvalue weighted by atomic mass is 32.1.